The van der Waals surface area contributed by atoms with Crippen molar-refractivity contribution in [1.29, 1.82) is 0 Å². The number of nitrogens with one attached hydrogen (secondary N) is 2. The van der Waals surface area contributed by atoms with Gasteiger partial charge in [-0.15, -0.1) is 0 Å². The summed E-state index contributed by atoms with van der Waals surface area (Å²) < 4.78 is 0. The van der Waals surface area contributed by atoms with E-state index in [0.29, 0.717) is 6.54 Å². The number of ketones is 1. The number of hydrogen-bond donors (Lipinski definition) is 2. The van der Waals surface area contributed by atoms with Crippen molar-refractivity contribution in [2.45, 2.75) is 44.3 Å². The van der Waals surface area contributed by atoms with Gasteiger partial charge in [0.15, 0.2) is 5.78 Å². The summed E-state index contributed by atoms with van der Waals surface area (Å²) in [5.74, 6) is 0.183. The van der Waals surface area contributed by atoms with E-state index in [2.05, 4.69) is 10.6 Å². The minimum Gasteiger partial charge on any atom is -0.327 e. The second-order valence-corrected chi connectivity index (χ2v) is 4.96. The Hall–Kier alpha value is -0.940. The van der Waals surface area contributed by atoms with Gasteiger partial charge in [0.05, 0.1) is 12.1 Å². The third-order valence-electron chi connectivity index (χ3n) is 3.84. The molecule has 2 heterocycles. The molecule has 5 heteroatoms. The first-order chi connectivity index (χ1) is 8.15. The highest BCUT2D eigenvalue weighted by atomic mass is 16.2. The zero-order chi connectivity index (χ0) is 12.4. The van der Waals surface area contributed by atoms with E-state index in [9.17, 15) is 9.59 Å². The van der Waals surface area contributed by atoms with Gasteiger partial charge in [0.2, 0.25) is 5.91 Å². The minimum absolute atomic E-state index is 0.0717. The largest absolute Gasteiger partial charge is 0.327 e. The number of piperidine rings is 1. The molecule has 5 nitrogen and oxygen atoms in total. The van der Waals surface area contributed by atoms with E-state index >= 15 is 0 Å². The van der Waals surface area contributed by atoms with Crippen LogP contribution in [0.25, 0.3) is 0 Å². The van der Waals surface area contributed by atoms with Crippen LogP contribution in [0.1, 0.15) is 26.2 Å². The van der Waals surface area contributed by atoms with Gasteiger partial charge >= 0.3 is 0 Å². The topological polar surface area (TPSA) is 61.4 Å². The molecule has 2 fully saturated rings. The maximum Gasteiger partial charge on any atom is 0.241 e. The highest BCUT2D eigenvalue weighted by Crippen LogP contribution is 2.25. The van der Waals surface area contributed by atoms with E-state index in [4.69, 9.17) is 0 Å². The van der Waals surface area contributed by atoms with Crippen molar-refractivity contribution in [2.75, 3.05) is 20.1 Å². The number of nitrogens with zero attached hydrogens (tertiary/aromatic N) is 1. The summed E-state index contributed by atoms with van der Waals surface area (Å²) >= 11 is 0. The molecule has 0 saturated carbocycles. The van der Waals surface area contributed by atoms with E-state index in [1.165, 1.54) is 0 Å². The van der Waals surface area contributed by atoms with E-state index in [1.54, 1.807) is 14.0 Å². The zero-order valence-electron chi connectivity index (χ0n) is 10.5. The van der Waals surface area contributed by atoms with E-state index in [-0.39, 0.29) is 29.8 Å². The number of fused-ring (bicyclic) bond motifs is 1. The van der Waals surface area contributed by atoms with Crippen molar-refractivity contribution < 1.29 is 9.59 Å². The van der Waals surface area contributed by atoms with Gasteiger partial charge in [-0.3, -0.25) is 9.59 Å². The molecule has 17 heavy (non-hydrogen) atoms. The molecular formula is C12H21N3O2. The van der Waals surface area contributed by atoms with Crippen LogP contribution >= 0.6 is 0 Å². The maximum atomic E-state index is 12.4. The second kappa shape index (κ2) is 5.14. The number of rotatable bonds is 2. The molecule has 2 saturated heterocycles. The Bertz CT molecular complexity index is 319. The standard InChI is InChI=1S/C12H21N3O2/c1-8(16)11-5-3-4-9-6-14-7-10(13-2)12(17)15(9)11/h9-11,13-14H,3-7H2,1-2H3/t9-,10+,11+/m1/s1. The Balaban J connectivity index is 2.24. The summed E-state index contributed by atoms with van der Waals surface area (Å²) in [5, 5.41) is 6.32. The van der Waals surface area contributed by atoms with E-state index < -0.39 is 0 Å². The first-order valence-electron chi connectivity index (χ1n) is 6.35. The Morgan fingerprint density at radius 2 is 2.18 bits per heavy atom. The molecule has 2 rings (SSSR count). The summed E-state index contributed by atoms with van der Waals surface area (Å²) in [4.78, 5) is 25.9. The van der Waals surface area contributed by atoms with Gasteiger partial charge in [0, 0.05) is 19.1 Å². The molecular weight excluding hydrogens is 218 g/mol. The molecule has 0 bridgehead atoms. The van der Waals surface area contributed by atoms with Crippen molar-refractivity contribution in [3.63, 3.8) is 0 Å². The third kappa shape index (κ3) is 2.35. The lowest BCUT2D eigenvalue weighted by atomic mass is 9.93. The smallest absolute Gasteiger partial charge is 0.241 e. The van der Waals surface area contributed by atoms with Gasteiger partial charge in [-0.2, -0.15) is 0 Å². The van der Waals surface area contributed by atoms with Crippen LogP contribution in [0.5, 0.6) is 0 Å². The second-order valence-electron chi connectivity index (χ2n) is 4.96. The molecule has 2 aliphatic heterocycles. The molecule has 3 atom stereocenters. The van der Waals surface area contributed by atoms with Crippen LogP contribution in [0, 0.1) is 0 Å². The fourth-order valence-corrected chi connectivity index (χ4v) is 2.90. The molecule has 0 spiro atoms. The summed E-state index contributed by atoms with van der Waals surface area (Å²) in [5.41, 5.74) is 0. The van der Waals surface area contributed by atoms with Gasteiger partial charge in [0.1, 0.15) is 0 Å². The quantitative estimate of drug-likeness (QED) is 0.683. The van der Waals surface area contributed by atoms with Crippen LogP contribution in [0.3, 0.4) is 0 Å². The first kappa shape index (κ1) is 12.5. The minimum atomic E-state index is -0.211. The molecule has 96 valence electrons. The molecule has 0 aromatic rings. The van der Waals surface area contributed by atoms with E-state index in [1.807, 2.05) is 4.90 Å². The fraction of sp³-hybridized carbons (Fsp3) is 0.833. The number of Topliss-reactive ketones (excluding diaryl/α,β-unsaturated/α-hetero) is 1. The van der Waals surface area contributed by atoms with Crippen LogP contribution in [0.15, 0.2) is 0 Å². The normalized spacial score (nSPS) is 34.1. The fourth-order valence-electron chi connectivity index (χ4n) is 2.90. The highest BCUT2D eigenvalue weighted by molar-refractivity contribution is 5.90. The summed E-state index contributed by atoms with van der Waals surface area (Å²) in [6.07, 6.45) is 2.84. The molecule has 0 aliphatic carbocycles. The van der Waals surface area contributed by atoms with Gasteiger partial charge in [-0.05, 0) is 33.2 Å². The van der Waals surface area contributed by atoms with Crippen molar-refractivity contribution in [3.05, 3.63) is 0 Å². The van der Waals surface area contributed by atoms with E-state index in [0.717, 1.165) is 25.8 Å². The Labute approximate surface area is 102 Å². The van der Waals surface area contributed by atoms with Crippen molar-refractivity contribution in [2.24, 2.45) is 0 Å². The van der Waals surface area contributed by atoms with Crippen molar-refractivity contribution in [3.8, 4) is 0 Å². The zero-order valence-corrected chi connectivity index (χ0v) is 10.5. The number of carbonyl (C=O) groups excluding carboxylic acids is 2. The van der Waals surface area contributed by atoms with Crippen LogP contribution < -0.4 is 10.6 Å². The van der Waals surface area contributed by atoms with Crippen LogP contribution in [-0.4, -0.2) is 54.9 Å². The SMILES string of the molecule is CN[C@H]1CNC[C@H]2CCC[C@@H](C(C)=O)N2C1=O. The van der Waals surface area contributed by atoms with Crippen molar-refractivity contribution >= 4 is 11.7 Å². The van der Waals surface area contributed by atoms with Crippen molar-refractivity contribution in [1.82, 2.24) is 15.5 Å². The lowest BCUT2D eigenvalue weighted by Gasteiger charge is -2.40. The Morgan fingerprint density at radius 1 is 1.41 bits per heavy atom. The first-order valence-corrected chi connectivity index (χ1v) is 6.35. The summed E-state index contributed by atoms with van der Waals surface area (Å²) in [6.45, 7) is 3.04. The third-order valence-corrected chi connectivity index (χ3v) is 3.84. The molecule has 0 radical (unpaired) electrons. The monoisotopic (exact) mass is 239 g/mol. The molecule has 0 unspecified atom stereocenters. The molecule has 0 aromatic heterocycles. The van der Waals surface area contributed by atoms with Crippen LogP contribution in [-0.2, 0) is 9.59 Å². The number of amides is 1. The number of likely N-dealkylation sites (N-methyl/N-ethyl adjacent to an activating group) is 1. The molecule has 2 N–H and O–H groups in total. The Kier molecular flexibility index (Phi) is 3.79. The van der Waals surface area contributed by atoms with Gasteiger partial charge in [-0.1, -0.05) is 0 Å². The molecule has 2 aliphatic rings. The lowest BCUT2D eigenvalue weighted by molar-refractivity contribution is -0.144. The van der Waals surface area contributed by atoms with Crippen LogP contribution in [0.2, 0.25) is 0 Å². The summed E-state index contributed by atoms with van der Waals surface area (Å²) in [7, 11) is 1.79. The predicted octanol–water partition coefficient (Wildman–Crippen LogP) is -0.484. The summed E-state index contributed by atoms with van der Waals surface area (Å²) in [6, 6.07) is -0.236. The average Bonchev–Trinajstić information content (AvgIpc) is 2.48. The average molecular weight is 239 g/mol. The molecule has 0 aromatic carbocycles. The predicted molar refractivity (Wildman–Crippen MR) is 64.7 cm³/mol. The maximum absolute atomic E-state index is 12.4. The molecule has 1 amide bonds. The van der Waals surface area contributed by atoms with Crippen LogP contribution in [0.4, 0.5) is 0 Å². The van der Waals surface area contributed by atoms with Gasteiger partial charge < -0.3 is 15.5 Å². The lowest BCUT2D eigenvalue weighted by Crippen LogP contribution is -2.57. The highest BCUT2D eigenvalue weighted by Gasteiger charge is 2.40. The number of hydrogen-bond acceptors (Lipinski definition) is 4. The van der Waals surface area contributed by atoms with Gasteiger partial charge in [-0.25, -0.2) is 0 Å². The number of carbonyl (C=O) groups is 2. The van der Waals surface area contributed by atoms with Gasteiger partial charge in [0.25, 0.3) is 0 Å². The Morgan fingerprint density at radius 3 is 2.82 bits per heavy atom.